The van der Waals surface area contributed by atoms with Crippen LogP contribution in [0.1, 0.15) is 19.0 Å². The summed E-state index contributed by atoms with van der Waals surface area (Å²) in [5, 5.41) is 3.04. The number of methoxy groups -OCH3 is 1. The van der Waals surface area contributed by atoms with Crippen molar-refractivity contribution in [1.82, 2.24) is 9.78 Å². The van der Waals surface area contributed by atoms with Gasteiger partial charge in [-0.15, -0.1) is 0 Å². The van der Waals surface area contributed by atoms with Crippen LogP contribution in [0.5, 0.6) is 5.75 Å². The number of benzene rings is 1. The maximum Gasteiger partial charge on any atom is 0.294 e. The first-order chi connectivity index (χ1) is 8.67. The summed E-state index contributed by atoms with van der Waals surface area (Å²) >= 11 is 0. The molecule has 2 aromatic rings. The molecule has 2 rings (SSSR count). The zero-order chi connectivity index (χ0) is 13.1. The zero-order valence-corrected chi connectivity index (χ0v) is 10.6. The first kappa shape index (κ1) is 12.3. The molecule has 0 atom stereocenters. The minimum atomic E-state index is -0.216. The highest BCUT2D eigenvalue weighted by Gasteiger charge is 2.11. The molecule has 1 heterocycles. The van der Waals surface area contributed by atoms with Crippen molar-refractivity contribution in [3.8, 4) is 11.4 Å². The third-order valence-electron chi connectivity index (χ3n) is 2.82. The lowest BCUT2D eigenvalue weighted by Crippen LogP contribution is -2.16. The minimum Gasteiger partial charge on any atom is -0.497 e. The molecule has 0 spiro atoms. The Bertz CT molecular complexity index is 599. The average Bonchev–Trinajstić information content (AvgIpc) is 2.68. The monoisotopic (exact) mass is 247 g/mol. The van der Waals surface area contributed by atoms with E-state index in [0.29, 0.717) is 17.1 Å². The Hall–Kier alpha value is -2.17. The van der Waals surface area contributed by atoms with Crippen molar-refractivity contribution in [2.75, 3.05) is 12.8 Å². The standard InChI is InChI=1S/C13H17N3O2/c1-3-5-11-12(14)13(17)16(15-11)9-6-4-7-10(8-9)18-2/h4,6-8,15H,3,5,14H2,1-2H3. The first-order valence-corrected chi connectivity index (χ1v) is 5.91. The van der Waals surface area contributed by atoms with Gasteiger partial charge in [-0.1, -0.05) is 19.4 Å². The van der Waals surface area contributed by atoms with E-state index in [0.717, 1.165) is 18.5 Å². The number of nitrogens with one attached hydrogen (secondary N) is 1. The maximum absolute atomic E-state index is 12.0. The van der Waals surface area contributed by atoms with Crippen LogP contribution in [0.15, 0.2) is 29.1 Å². The van der Waals surface area contributed by atoms with Crippen molar-refractivity contribution in [3.63, 3.8) is 0 Å². The predicted molar refractivity (Wildman–Crippen MR) is 71.3 cm³/mol. The molecule has 1 aromatic carbocycles. The summed E-state index contributed by atoms with van der Waals surface area (Å²) in [6.45, 7) is 2.04. The van der Waals surface area contributed by atoms with Gasteiger partial charge < -0.3 is 10.5 Å². The molecule has 96 valence electrons. The SMILES string of the molecule is CCCc1[nH]n(-c2cccc(OC)c2)c(=O)c1N. The molecule has 5 nitrogen and oxygen atoms in total. The Morgan fingerprint density at radius 2 is 2.22 bits per heavy atom. The normalized spacial score (nSPS) is 10.6. The topological polar surface area (TPSA) is 73.0 Å². The van der Waals surface area contributed by atoms with E-state index >= 15 is 0 Å². The molecule has 0 unspecified atom stereocenters. The van der Waals surface area contributed by atoms with Crippen LogP contribution in [0, 0.1) is 0 Å². The average molecular weight is 247 g/mol. The second kappa shape index (κ2) is 5.00. The van der Waals surface area contributed by atoms with E-state index in [2.05, 4.69) is 5.10 Å². The molecule has 0 fully saturated rings. The van der Waals surface area contributed by atoms with E-state index in [1.807, 2.05) is 25.1 Å². The van der Waals surface area contributed by atoms with E-state index < -0.39 is 0 Å². The number of rotatable bonds is 4. The second-order valence-electron chi connectivity index (χ2n) is 4.10. The maximum atomic E-state index is 12.0. The second-order valence-corrected chi connectivity index (χ2v) is 4.10. The Morgan fingerprint density at radius 1 is 1.44 bits per heavy atom. The molecule has 0 saturated carbocycles. The number of nitrogens with two attached hydrogens (primary N) is 1. The number of nitrogens with zero attached hydrogens (tertiary/aromatic N) is 1. The fourth-order valence-corrected chi connectivity index (χ4v) is 1.87. The highest BCUT2D eigenvalue weighted by Crippen LogP contribution is 2.16. The smallest absolute Gasteiger partial charge is 0.294 e. The largest absolute Gasteiger partial charge is 0.497 e. The third kappa shape index (κ3) is 2.11. The van der Waals surface area contributed by atoms with Gasteiger partial charge >= 0.3 is 0 Å². The lowest BCUT2D eigenvalue weighted by atomic mass is 10.2. The summed E-state index contributed by atoms with van der Waals surface area (Å²) in [6.07, 6.45) is 1.69. The van der Waals surface area contributed by atoms with Gasteiger partial charge in [0, 0.05) is 6.07 Å². The Morgan fingerprint density at radius 3 is 2.89 bits per heavy atom. The number of aromatic amines is 1. The summed E-state index contributed by atoms with van der Waals surface area (Å²) in [4.78, 5) is 12.0. The summed E-state index contributed by atoms with van der Waals surface area (Å²) in [6, 6.07) is 7.27. The number of aromatic nitrogens is 2. The molecule has 0 aliphatic heterocycles. The molecule has 0 bridgehead atoms. The van der Waals surface area contributed by atoms with E-state index in [4.69, 9.17) is 10.5 Å². The molecule has 5 heteroatoms. The summed E-state index contributed by atoms with van der Waals surface area (Å²) < 4.78 is 6.59. The lowest BCUT2D eigenvalue weighted by molar-refractivity contribution is 0.414. The summed E-state index contributed by atoms with van der Waals surface area (Å²) in [5.41, 5.74) is 7.38. The number of hydrogen-bond donors (Lipinski definition) is 2. The lowest BCUT2D eigenvalue weighted by Gasteiger charge is -2.04. The van der Waals surface area contributed by atoms with Crippen molar-refractivity contribution in [2.24, 2.45) is 0 Å². The molecule has 1 aromatic heterocycles. The van der Waals surface area contributed by atoms with Crippen LogP contribution in [0.2, 0.25) is 0 Å². The predicted octanol–water partition coefficient (Wildman–Crippen LogP) is 1.71. The fraction of sp³-hybridized carbons (Fsp3) is 0.308. The van der Waals surface area contributed by atoms with Crippen LogP contribution in [0.4, 0.5) is 5.69 Å². The van der Waals surface area contributed by atoms with Crippen LogP contribution in [-0.2, 0) is 6.42 Å². The number of hydrogen-bond acceptors (Lipinski definition) is 3. The van der Waals surface area contributed by atoms with Crippen LogP contribution in [-0.4, -0.2) is 16.9 Å². The van der Waals surface area contributed by atoms with Crippen molar-refractivity contribution in [1.29, 1.82) is 0 Å². The quantitative estimate of drug-likeness (QED) is 0.863. The van der Waals surface area contributed by atoms with Crippen molar-refractivity contribution in [3.05, 3.63) is 40.3 Å². The number of H-pyrrole nitrogens is 1. The van der Waals surface area contributed by atoms with Gasteiger partial charge in [0.2, 0.25) is 0 Å². The van der Waals surface area contributed by atoms with Crippen LogP contribution in [0.25, 0.3) is 5.69 Å². The van der Waals surface area contributed by atoms with Gasteiger partial charge in [0.1, 0.15) is 11.4 Å². The highest BCUT2D eigenvalue weighted by molar-refractivity contribution is 5.46. The van der Waals surface area contributed by atoms with Gasteiger partial charge in [-0.2, -0.15) is 0 Å². The summed E-state index contributed by atoms with van der Waals surface area (Å²) in [5.74, 6) is 0.699. The number of nitrogen functional groups attached to an aromatic ring is 1. The highest BCUT2D eigenvalue weighted by atomic mass is 16.5. The molecule has 0 amide bonds. The Kier molecular flexibility index (Phi) is 3.41. The number of ether oxygens (including phenoxy) is 1. The van der Waals surface area contributed by atoms with Gasteiger partial charge in [-0.05, 0) is 18.6 Å². The van der Waals surface area contributed by atoms with E-state index in [9.17, 15) is 4.79 Å². The van der Waals surface area contributed by atoms with Crippen LogP contribution >= 0.6 is 0 Å². The van der Waals surface area contributed by atoms with Crippen molar-refractivity contribution >= 4 is 5.69 Å². The van der Waals surface area contributed by atoms with Gasteiger partial charge in [0.25, 0.3) is 5.56 Å². The zero-order valence-electron chi connectivity index (χ0n) is 10.6. The van der Waals surface area contributed by atoms with Crippen molar-refractivity contribution < 1.29 is 4.74 Å². The number of aryl methyl sites for hydroxylation is 1. The molecule has 3 N–H and O–H groups in total. The van der Waals surface area contributed by atoms with Gasteiger partial charge in [0.15, 0.2) is 0 Å². The fourth-order valence-electron chi connectivity index (χ4n) is 1.87. The van der Waals surface area contributed by atoms with Gasteiger partial charge in [-0.3, -0.25) is 9.89 Å². The summed E-state index contributed by atoms with van der Waals surface area (Å²) in [7, 11) is 1.59. The van der Waals surface area contributed by atoms with Crippen LogP contribution < -0.4 is 16.0 Å². The van der Waals surface area contributed by atoms with Crippen LogP contribution in [0.3, 0.4) is 0 Å². The minimum absolute atomic E-state index is 0.216. The number of anilines is 1. The molecule has 0 aliphatic rings. The van der Waals surface area contributed by atoms with E-state index in [-0.39, 0.29) is 5.56 Å². The molecule has 18 heavy (non-hydrogen) atoms. The molecule has 0 aliphatic carbocycles. The third-order valence-corrected chi connectivity index (χ3v) is 2.82. The first-order valence-electron chi connectivity index (χ1n) is 5.91. The van der Waals surface area contributed by atoms with Gasteiger partial charge in [0.05, 0.1) is 18.5 Å². The molecular formula is C13H17N3O2. The van der Waals surface area contributed by atoms with Crippen molar-refractivity contribution in [2.45, 2.75) is 19.8 Å². The van der Waals surface area contributed by atoms with E-state index in [1.165, 1.54) is 4.68 Å². The van der Waals surface area contributed by atoms with E-state index in [1.54, 1.807) is 13.2 Å². The molecule has 0 saturated heterocycles. The molecule has 0 radical (unpaired) electrons. The molecular weight excluding hydrogens is 230 g/mol. The Labute approximate surface area is 105 Å². The Balaban J connectivity index is 2.50. The van der Waals surface area contributed by atoms with Gasteiger partial charge in [-0.25, -0.2) is 4.68 Å².